The van der Waals surface area contributed by atoms with Gasteiger partial charge in [-0.25, -0.2) is 0 Å². The number of benzene rings is 2. The number of rotatable bonds is 7. The van der Waals surface area contributed by atoms with E-state index in [0.717, 1.165) is 21.4 Å². The normalized spacial score (nSPS) is 10.6. The largest absolute Gasteiger partial charge is 0.414 e. The summed E-state index contributed by atoms with van der Waals surface area (Å²) in [4.78, 5) is 12.0. The van der Waals surface area contributed by atoms with Gasteiger partial charge in [0, 0.05) is 15.8 Å². The van der Waals surface area contributed by atoms with Crippen molar-refractivity contribution >= 4 is 45.0 Å². The number of thioether (sulfide) groups is 1. The number of amides is 1. The standard InChI is InChI=1S/C19H19BrN4O2S/c1-12-3-8-16(13(2)9-12)21-10-18-23-24-19(26-18)27-11-17(25)22-15-6-4-14(20)5-7-15/h3-9,21H,10-11H2,1-2H3,(H,22,25). The van der Waals surface area contributed by atoms with E-state index >= 15 is 0 Å². The van der Waals surface area contributed by atoms with Gasteiger partial charge in [0.05, 0.1) is 12.3 Å². The van der Waals surface area contributed by atoms with Gasteiger partial charge in [-0.2, -0.15) is 0 Å². The van der Waals surface area contributed by atoms with Crippen molar-refractivity contribution in [3.8, 4) is 0 Å². The minimum Gasteiger partial charge on any atom is -0.414 e. The Balaban J connectivity index is 1.47. The van der Waals surface area contributed by atoms with E-state index in [2.05, 4.69) is 62.7 Å². The first-order chi connectivity index (χ1) is 13.0. The highest BCUT2D eigenvalue weighted by Crippen LogP contribution is 2.20. The summed E-state index contributed by atoms with van der Waals surface area (Å²) < 4.78 is 6.54. The fourth-order valence-electron chi connectivity index (χ4n) is 2.41. The molecule has 0 bridgehead atoms. The summed E-state index contributed by atoms with van der Waals surface area (Å²) in [5, 5.41) is 14.5. The average molecular weight is 447 g/mol. The Morgan fingerprint density at radius 2 is 1.93 bits per heavy atom. The van der Waals surface area contributed by atoms with E-state index in [4.69, 9.17) is 4.42 Å². The van der Waals surface area contributed by atoms with Crippen LogP contribution in [0, 0.1) is 13.8 Å². The zero-order valence-electron chi connectivity index (χ0n) is 15.0. The molecule has 8 heteroatoms. The smallest absolute Gasteiger partial charge is 0.277 e. The number of aryl methyl sites for hydroxylation is 2. The topological polar surface area (TPSA) is 80.0 Å². The van der Waals surface area contributed by atoms with Crippen molar-refractivity contribution in [1.82, 2.24) is 10.2 Å². The van der Waals surface area contributed by atoms with Crippen LogP contribution >= 0.6 is 27.7 Å². The van der Waals surface area contributed by atoms with Gasteiger partial charge in [0.15, 0.2) is 0 Å². The molecule has 0 saturated heterocycles. The number of nitrogens with one attached hydrogen (secondary N) is 2. The lowest BCUT2D eigenvalue weighted by molar-refractivity contribution is -0.113. The molecule has 0 atom stereocenters. The molecule has 27 heavy (non-hydrogen) atoms. The fourth-order valence-corrected chi connectivity index (χ4v) is 3.25. The third-order valence-corrected chi connectivity index (χ3v) is 5.06. The van der Waals surface area contributed by atoms with Gasteiger partial charge in [-0.05, 0) is 49.7 Å². The summed E-state index contributed by atoms with van der Waals surface area (Å²) >= 11 is 4.57. The molecule has 2 aromatic carbocycles. The third-order valence-electron chi connectivity index (χ3n) is 3.71. The van der Waals surface area contributed by atoms with Gasteiger partial charge in [-0.3, -0.25) is 4.79 Å². The Labute approximate surface area is 170 Å². The second-order valence-electron chi connectivity index (χ2n) is 5.98. The zero-order chi connectivity index (χ0) is 19.2. The van der Waals surface area contributed by atoms with Crippen LogP contribution in [0.5, 0.6) is 0 Å². The van der Waals surface area contributed by atoms with Crippen LogP contribution < -0.4 is 10.6 Å². The number of hydrogen-bond acceptors (Lipinski definition) is 6. The van der Waals surface area contributed by atoms with Crippen molar-refractivity contribution in [2.24, 2.45) is 0 Å². The molecular weight excluding hydrogens is 428 g/mol. The van der Waals surface area contributed by atoms with Gasteiger partial charge in [0.2, 0.25) is 11.8 Å². The van der Waals surface area contributed by atoms with Crippen LogP contribution in [0.2, 0.25) is 0 Å². The van der Waals surface area contributed by atoms with E-state index in [9.17, 15) is 4.79 Å². The lowest BCUT2D eigenvalue weighted by Crippen LogP contribution is -2.13. The molecule has 1 aromatic heterocycles. The monoisotopic (exact) mass is 446 g/mol. The van der Waals surface area contributed by atoms with E-state index < -0.39 is 0 Å². The molecule has 1 heterocycles. The van der Waals surface area contributed by atoms with Crippen LogP contribution in [0.15, 0.2) is 56.6 Å². The highest BCUT2D eigenvalue weighted by atomic mass is 79.9. The number of nitrogens with zero attached hydrogens (tertiary/aromatic N) is 2. The highest BCUT2D eigenvalue weighted by molar-refractivity contribution is 9.10. The second-order valence-corrected chi connectivity index (χ2v) is 7.82. The molecule has 1 amide bonds. The second kappa shape index (κ2) is 9.05. The average Bonchev–Trinajstić information content (AvgIpc) is 3.09. The van der Waals surface area contributed by atoms with Crippen LogP contribution in [0.4, 0.5) is 11.4 Å². The molecule has 2 N–H and O–H groups in total. The summed E-state index contributed by atoms with van der Waals surface area (Å²) in [5.74, 6) is 0.545. The molecule has 3 aromatic rings. The number of hydrogen-bond donors (Lipinski definition) is 2. The van der Waals surface area contributed by atoms with Crippen LogP contribution in [-0.2, 0) is 11.3 Å². The van der Waals surface area contributed by atoms with E-state index in [-0.39, 0.29) is 11.7 Å². The molecule has 0 aliphatic rings. The Hall–Kier alpha value is -2.32. The van der Waals surface area contributed by atoms with Gasteiger partial charge in [0.25, 0.3) is 5.22 Å². The first-order valence-corrected chi connectivity index (χ1v) is 10.1. The molecule has 3 rings (SSSR count). The number of anilines is 2. The Kier molecular flexibility index (Phi) is 6.52. The maximum Gasteiger partial charge on any atom is 0.277 e. The van der Waals surface area contributed by atoms with E-state index in [1.807, 2.05) is 30.3 Å². The predicted molar refractivity (Wildman–Crippen MR) is 111 cm³/mol. The first kappa shape index (κ1) is 19.4. The Morgan fingerprint density at radius 1 is 1.15 bits per heavy atom. The molecule has 0 saturated carbocycles. The fraction of sp³-hybridized carbons (Fsp3) is 0.211. The highest BCUT2D eigenvalue weighted by Gasteiger charge is 2.10. The summed E-state index contributed by atoms with van der Waals surface area (Å²) in [6.45, 7) is 4.54. The van der Waals surface area contributed by atoms with Crippen LogP contribution in [0.3, 0.4) is 0 Å². The van der Waals surface area contributed by atoms with Gasteiger partial charge in [-0.1, -0.05) is 45.4 Å². The van der Waals surface area contributed by atoms with E-state index in [1.54, 1.807) is 0 Å². The zero-order valence-corrected chi connectivity index (χ0v) is 17.4. The van der Waals surface area contributed by atoms with Crippen LogP contribution in [-0.4, -0.2) is 21.9 Å². The van der Waals surface area contributed by atoms with Crippen molar-refractivity contribution in [2.75, 3.05) is 16.4 Å². The van der Waals surface area contributed by atoms with Gasteiger partial charge in [0.1, 0.15) is 0 Å². The minimum absolute atomic E-state index is 0.129. The summed E-state index contributed by atoms with van der Waals surface area (Å²) in [7, 11) is 0. The Bertz CT molecular complexity index is 928. The van der Waals surface area contributed by atoms with Crippen molar-refractivity contribution in [1.29, 1.82) is 0 Å². The number of carbonyl (C=O) groups excluding carboxylic acids is 1. The molecule has 0 fully saturated rings. The molecule has 6 nitrogen and oxygen atoms in total. The van der Waals surface area contributed by atoms with Crippen molar-refractivity contribution in [3.63, 3.8) is 0 Å². The summed E-state index contributed by atoms with van der Waals surface area (Å²) in [6.07, 6.45) is 0. The van der Waals surface area contributed by atoms with Gasteiger partial charge >= 0.3 is 0 Å². The predicted octanol–water partition coefficient (Wildman–Crippen LogP) is 4.79. The van der Waals surface area contributed by atoms with Gasteiger partial charge in [-0.15, -0.1) is 10.2 Å². The molecule has 0 spiro atoms. The number of aromatic nitrogens is 2. The first-order valence-electron chi connectivity index (χ1n) is 8.31. The Morgan fingerprint density at radius 3 is 2.67 bits per heavy atom. The maximum atomic E-state index is 12.0. The maximum absolute atomic E-state index is 12.0. The van der Waals surface area contributed by atoms with Crippen molar-refractivity contribution in [2.45, 2.75) is 25.6 Å². The van der Waals surface area contributed by atoms with E-state index in [0.29, 0.717) is 17.7 Å². The van der Waals surface area contributed by atoms with Gasteiger partial charge < -0.3 is 15.1 Å². The van der Waals surface area contributed by atoms with Crippen LogP contribution in [0.1, 0.15) is 17.0 Å². The molecule has 0 aliphatic carbocycles. The molecule has 0 unspecified atom stereocenters. The third kappa shape index (κ3) is 5.83. The molecular formula is C19H19BrN4O2S. The summed E-state index contributed by atoms with van der Waals surface area (Å²) in [6, 6.07) is 13.6. The van der Waals surface area contributed by atoms with E-state index in [1.165, 1.54) is 17.3 Å². The minimum atomic E-state index is -0.129. The summed E-state index contributed by atoms with van der Waals surface area (Å²) in [5.41, 5.74) is 4.15. The SMILES string of the molecule is Cc1ccc(NCc2nnc(SCC(=O)Nc3ccc(Br)cc3)o2)c(C)c1. The lowest BCUT2D eigenvalue weighted by atomic mass is 10.1. The number of halogens is 1. The lowest BCUT2D eigenvalue weighted by Gasteiger charge is -2.07. The molecule has 140 valence electrons. The quantitative estimate of drug-likeness (QED) is 0.507. The van der Waals surface area contributed by atoms with Crippen LogP contribution in [0.25, 0.3) is 0 Å². The molecule has 0 aliphatic heterocycles. The number of carbonyl (C=O) groups is 1. The van der Waals surface area contributed by atoms with Crippen molar-refractivity contribution < 1.29 is 9.21 Å². The van der Waals surface area contributed by atoms with Crippen molar-refractivity contribution in [3.05, 3.63) is 64.0 Å². The molecule has 0 radical (unpaired) electrons.